The van der Waals surface area contributed by atoms with Crippen molar-refractivity contribution in [2.75, 3.05) is 13.2 Å². The molecule has 0 radical (unpaired) electrons. The lowest BCUT2D eigenvalue weighted by molar-refractivity contribution is -0.189. The summed E-state index contributed by atoms with van der Waals surface area (Å²) in [6.45, 7) is 11.7. The van der Waals surface area contributed by atoms with Gasteiger partial charge in [0.2, 0.25) is 5.91 Å². The van der Waals surface area contributed by atoms with Crippen LogP contribution in [0.5, 0.6) is 0 Å². The quantitative estimate of drug-likeness (QED) is 0.832. The summed E-state index contributed by atoms with van der Waals surface area (Å²) >= 11 is 0. The molecule has 2 aliphatic heterocycles. The molecule has 0 aliphatic carbocycles. The fourth-order valence-corrected chi connectivity index (χ4v) is 3.97. The molecule has 2 saturated heterocycles. The van der Waals surface area contributed by atoms with Crippen molar-refractivity contribution in [1.82, 2.24) is 4.90 Å². The van der Waals surface area contributed by atoms with Crippen LogP contribution in [0.3, 0.4) is 0 Å². The number of nitrogens with two attached hydrogens (primary N) is 1. The highest BCUT2D eigenvalue weighted by atomic mass is 16.5. The Morgan fingerprint density at radius 1 is 1.21 bits per heavy atom. The largest absolute Gasteiger partial charge is 0.379 e. The lowest BCUT2D eigenvalue weighted by Gasteiger charge is -2.58. The zero-order valence-electron chi connectivity index (χ0n) is 13.0. The highest BCUT2D eigenvalue weighted by Gasteiger charge is 2.54. The van der Waals surface area contributed by atoms with E-state index in [4.69, 9.17) is 10.5 Å². The summed E-state index contributed by atoms with van der Waals surface area (Å²) < 4.78 is 5.33. The van der Waals surface area contributed by atoms with E-state index in [2.05, 4.69) is 39.5 Å². The monoisotopic (exact) mass is 268 g/mol. The second-order valence-corrected chi connectivity index (χ2v) is 7.56. The van der Waals surface area contributed by atoms with Crippen molar-refractivity contribution in [2.24, 2.45) is 11.1 Å². The first-order chi connectivity index (χ1) is 8.65. The molecule has 0 atom stereocenters. The van der Waals surface area contributed by atoms with Crippen LogP contribution in [0.2, 0.25) is 0 Å². The molecule has 110 valence electrons. The van der Waals surface area contributed by atoms with E-state index in [1.165, 1.54) is 0 Å². The average molecular weight is 268 g/mol. The molecule has 0 aromatic carbocycles. The molecule has 2 fully saturated rings. The lowest BCUT2D eigenvalue weighted by atomic mass is 9.73. The SMILES string of the molecule is CCC1(C(=O)N2C(C)(C)CC(N)CC2(C)C)COC1. The van der Waals surface area contributed by atoms with Crippen molar-refractivity contribution >= 4 is 5.91 Å². The molecule has 0 saturated carbocycles. The standard InChI is InChI=1S/C15H28N2O2/c1-6-15(9-19-10-15)12(18)17-13(2,3)7-11(16)8-14(17,4)5/h11H,6-10,16H2,1-5H3. The maximum atomic E-state index is 13.1. The molecule has 19 heavy (non-hydrogen) atoms. The van der Waals surface area contributed by atoms with Gasteiger partial charge in [0.25, 0.3) is 0 Å². The van der Waals surface area contributed by atoms with Gasteiger partial charge in [0.15, 0.2) is 0 Å². The van der Waals surface area contributed by atoms with Gasteiger partial charge in [-0.2, -0.15) is 0 Å². The number of hydrogen-bond acceptors (Lipinski definition) is 3. The van der Waals surface area contributed by atoms with Crippen LogP contribution in [-0.2, 0) is 9.53 Å². The molecule has 4 heteroatoms. The van der Waals surface area contributed by atoms with Crippen LogP contribution in [0, 0.1) is 5.41 Å². The summed E-state index contributed by atoms with van der Waals surface area (Å²) in [5, 5.41) is 0. The molecular weight excluding hydrogens is 240 g/mol. The Hall–Kier alpha value is -0.610. The minimum absolute atomic E-state index is 0.171. The summed E-state index contributed by atoms with van der Waals surface area (Å²) in [6, 6.07) is 0.171. The molecule has 0 aromatic heterocycles. The van der Waals surface area contributed by atoms with E-state index in [0.717, 1.165) is 19.3 Å². The Bertz CT molecular complexity index is 349. The summed E-state index contributed by atoms with van der Waals surface area (Å²) in [5.74, 6) is 0.253. The molecule has 2 heterocycles. The van der Waals surface area contributed by atoms with Crippen molar-refractivity contribution in [2.45, 2.75) is 71.0 Å². The Kier molecular flexibility index (Phi) is 3.47. The number of nitrogens with zero attached hydrogens (tertiary/aromatic N) is 1. The van der Waals surface area contributed by atoms with Crippen LogP contribution in [0.4, 0.5) is 0 Å². The maximum absolute atomic E-state index is 13.1. The van der Waals surface area contributed by atoms with Gasteiger partial charge in [0.05, 0.1) is 18.6 Å². The maximum Gasteiger partial charge on any atom is 0.234 e. The second kappa shape index (κ2) is 4.45. The van der Waals surface area contributed by atoms with Crippen molar-refractivity contribution in [3.8, 4) is 0 Å². The molecule has 0 bridgehead atoms. The summed E-state index contributed by atoms with van der Waals surface area (Å²) in [7, 11) is 0. The third kappa shape index (κ3) is 2.29. The van der Waals surface area contributed by atoms with Crippen LogP contribution in [-0.4, -0.2) is 41.1 Å². The number of carbonyl (C=O) groups excluding carboxylic acids is 1. The van der Waals surface area contributed by atoms with Gasteiger partial charge in [0, 0.05) is 17.1 Å². The van der Waals surface area contributed by atoms with Gasteiger partial charge in [-0.05, 0) is 47.0 Å². The molecule has 2 aliphatic rings. The first-order valence-electron chi connectivity index (χ1n) is 7.33. The zero-order chi connectivity index (χ0) is 14.5. The third-order valence-electron chi connectivity index (χ3n) is 4.82. The molecule has 0 aromatic rings. The summed E-state index contributed by atoms with van der Waals surface area (Å²) in [5.41, 5.74) is 5.51. The normalized spacial score (nSPS) is 28.8. The molecule has 1 amide bonds. The second-order valence-electron chi connectivity index (χ2n) is 7.56. The topological polar surface area (TPSA) is 55.6 Å². The van der Waals surface area contributed by atoms with E-state index in [9.17, 15) is 4.79 Å². The number of piperidine rings is 1. The first kappa shape index (κ1) is 14.8. The van der Waals surface area contributed by atoms with Crippen LogP contribution < -0.4 is 5.73 Å². The number of rotatable bonds is 2. The zero-order valence-corrected chi connectivity index (χ0v) is 13.0. The number of amides is 1. The van der Waals surface area contributed by atoms with Gasteiger partial charge in [-0.3, -0.25) is 4.79 Å². The van der Waals surface area contributed by atoms with E-state index in [1.54, 1.807) is 0 Å². The highest BCUT2D eigenvalue weighted by molar-refractivity contribution is 5.85. The fourth-order valence-electron chi connectivity index (χ4n) is 3.97. The Morgan fingerprint density at radius 3 is 2.00 bits per heavy atom. The molecule has 0 spiro atoms. The number of ether oxygens (including phenoxy) is 1. The van der Waals surface area contributed by atoms with E-state index in [1.807, 2.05) is 0 Å². The van der Waals surface area contributed by atoms with Gasteiger partial charge in [-0.15, -0.1) is 0 Å². The summed E-state index contributed by atoms with van der Waals surface area (Å²) in [4.78, 5) is 15.2. The number of hydrogen-bond donors (Lipinski definition) is 1. The van der Waals surface area contributed by atoms with E-state index in [0.29, 0.717) is 13.2 Å². The van der Waals surface area contributed by atoms with E-state index < -0.39 is 0 Å². The van der Waals surface area contributed by atoms with Gasteiger partial charge in [0.1, 0.15) is 0 Å². The van der Waals surface area contributed by atoms with E-state index >= 15 is 0 Å². The highest BCUT2D eigenvalue weighted by Crippen LogP contribution is 2.43. The van der Waals surface area contributed by atoms with Crippen molar-refractivity contribution in [3.63, 3.8) is 0 Å². The van der Waals surface area contributed by atoms with Crippen molar-refractivity contribution < 1.29 is 9.53 Å². The minimum Gasteiger partial charge on any atom is -0.379 e. The van der Waals surface area contributed by atoms with Crippen LogP contribution in [0.25, 0.3) is 0 Å². The van der Waals surface area contributed by atoms with Crippen molar-refractivity contribution in [3.05, 3.63) is 0 Å². The van der Waals surface area contributed by atoms with Gasteiger partial charge in [-0.1, -0.05) is 6.92 Å². The average Bonchev–Trinajstić information content (AvgIpc) is 2.10. The van der Waals surface area contributed by atoms with Crippen molar-refractivity contribution in [1.29, 1.82) is 0 Å². The Labute approximate surface area is 116 Å². The van der Waals surface area contributed by atoms with Crippen LogP contribution >= 0.6 is 0 Å². The number of carbonyl (C=O) groups is 1. The van der Waals surface area contributed by atoms with Gasteiger partial charge < -0.3 is 15.4 Å². The molecule has 4 nitrogen and oxygen atoms in total. The molecule has 2 rings (SSSR count). The van der Waals surface area contributed by atoms with Crippen LogP contribution in [0.15, 0.2) is 0 Å². The van der Waals surface area contributed by atoms with Crippen LogP contribution in [0.1, 0.15) is 53.9 Å². The van der Waals surface area contributed by atoms with E-state index in [-0.39, 0.29) is 28.4 Å². The minimum atomic E-state index is -0.296. The third-order valence-corrected chi connectivity index (χ3v) is 4.82. The first-order valence-corrected chi connectivity index (χ1v) is 7.33. The van der Waals surface area contributed by atoms with Gasteiger partial charge >= 0.3 is 0 Å². The Morgan fingerprint density at radius 2 is 1.68 bits per heavy atom. The predicted molar refractivity (Wildman–Crippen MR) is 75.8 cm³/mol. The fraction of sp³-hybridized carbons (Fsp3) is 0.933. The molecular formula is C15H28N2O2. The molecule has 0 unspecified atom stereocenters. The smallest absolute Gasteiger partial charge is 0.234 e. The predicted octanol–water partition coefficient (Wildman–Crippen LogP) is 1.92. The number of likely N-dealkylation sites (tertiary alicyclic amines) is 1. The lowest BCUT2D eigenvalue weighted by Crippen LogP contribution is -2.69. The summed E-state index contributed by atoms with van der Waals surface area (Å²) in [6.07, 6.45) is 2.58. The Balaban J connectivity index is 2.32. The van der Waals surface area contributed by atoms with Gasteiger partial charge in [-0.25, -0.2) is 0 Å². The molecule has 2 N–H and O–H groups in total.